The largest absolute Gasteiger partial charge is 0.493 e. The number of nitrogens with zero attached hydrogens (tertiary/aromatic N) is 1. The summed E-state index contributed by atoms with van der Waals surface area (Å²) in [6, 6.07) is 4.54. The Morgan fingerprint density at radius 3 is 2.48 bits per heavy atom. The van der Waals surface area contributed by atoms with Gasteiger partial charge in [-0.3, -0.25) is 4.79 Å². The van der Waals surface area contributed by atoms with Crippen LogP contribution in [0.15, 0.2) is 18.2 Å². The lowest BCUT2D eigenvalue weighted by Crippen LogP contribution is -2.41. The summed E-state index contributed by atoms with van der Waals surface area (Å²) in [5, 5.41) is 8.90. The molecule has 0 radical (unpaired) electrons. The van der Waals surface area contributed by atoms with Gasteiger partial charge in [-0.15, -0.1) is 11.8 Å². The lowest BCUT2D eigenvalue weighted by molar-refractivity contribution is -0.148. The van der Waals surface area contributed by atoms with E-state index in [2.05, 4.69) is 0 Å². The first-order valence-corrected chi connectivity index (χ1v) is 7.39. The lowest BCUT2D eigenvalue weighted by Gasteiger charge is -2.26. The summed E-state index contributed by atoms with van der Waals surface area (Å²) in [7, 11) is 3.08. The minimum atomic E-state index is -0.985. The maximum atomic E-state index is 11.8. The van der Waals surface area contributed by atoms with Gasteiger partial charge >= 0.3 is 5.97 Å². The number of carboxylic acids is 1. The molecule has 0 spiro atoms. The number of methoxy groups -OCH3 is 2. The summed E-state index contributed by atoms with van der Waals surface area (Å²) in [5.74, 6) is 0.271. The predicted molar refractivity (Wildman–Crippen MR) is 78.7 cm³/mol. The molecule has 1 aliphatic rings. The van der Waals surface area contributed by atoms with E-state index in [4.69, 9.17) is 9.47 Å². The number of carbonyl (C=O) groups is 2. The van der Waals surface area contributed by atoms with E-state index in [1.165, 1.54) is 30.7 Å². The van der Waals surface area contributed by atoms with E-state index >= 15 is 0 Å². The van der Waals surface area contributed by atoms with Crippen molar-refractivity contribution in [3.63, 3.8) is 0 Å². The summed E-state index contributed by atoms with van der Waals surface area (Å²) in [5.41, 5.74) is 0.816. The lowest BCUT2D eigenvalue weighted by atomic mass is 10.1. The topological polar surface area (TPSA) is 76.1 Å². The maximum absolute atomic E-state index is 11.8. The first kappa shape index (κ1) is 15.5. The Morgan fingerprint density at radius 2 is 1.95 bits per heavy atom. The third kappa shape index (κ3) is 2.92. The van der Waals surface area contributed by atoms with Gasteiger partial charge in [-0.1, -0.05) is 6.07 Å². The highest BCUT2D eigenvalue weighted by atomic mass is 32.2. The van der Waals surface area contributed by atoms with Gasteiger partial charge in [0, 0.05) is 12.7 Å². The van der Waals surface area contributed by atoms with E-state index in [9.17, 15) is 14.7 Å². The van der Waals surface area contributed by atoms with E-state index in [1.54, 1.807) is 19.2 Å². The zero-order chi connectivity index (χ0) is 15.6. The van der Waals surface area contributed by atoms with Crippen LogP contribution in [0.5, 0.6) is 11.5 Å². The number of hydrogen-bond donors (Lipinski definition) is 1. The molecule has 1 fully saturated rings. The van der Waals surface area contributed by atoms with Crippen LogP contribution >= 0.6 is 11.8 Å². The van der Waals surface area contributed by atoms with Gasteiger partial charge in [0.15, 0.2) is 11.5 Å². The molecule has 0 aromatic heterocycles. The summed E-state index contributed by atoms with van der Waals surface area (Å²) >= 11 is 1.43. The maximum Gasteiger partial charge on any atom is 0.327 e. The van der Waals surface area contributed by atoms with Crippen LogP contribution in [0.2, 0.25) is 0 Å². The molecule has 1 aromatic carbocycles. The van der Waals surface area contributed by atoms with Crippen LogP contribution in [-0.2, 0) is 9.59 Å². The molecule has 0 bridgehead atoms. The number of benzene rings is 1. The van der Waals surface area contributed by atoms with Crippen molar-refractivity contribution in [2.75, 3.05) is 20.0 Å². The van der Waals surface area contributed by atoms with Gasteiger partial charge < -0.3 is 19.5 Å². The predicted octanol–water partition coefficient (Wildman–Crippen LogP) is 1.75. The fourth-order valence-corrected chi connectivity index (χ4v) is 3.81. The molecular weight excluding hydrogens is 294 g/mol. The highest BCUT2D eigenvalue weighted by molar-refractivity contribution is 7.99. The average Bonchev–Trinajstić information content (AvgIpc) is 2.91. The van der Waals surface area contributed by atoms with E-state index in [0.29, 0.717) is 17.3 Å². The van der Waals surface area contributed by atoms with Gasteiger partial charge in [0.1, 0.15) is 11.4 Å². The molecule has 0 aliphatic carbocycles. The number of carbonyl (C=O) groups excluding carboxylic acids is 1. The summed E-state index contributed by atoms with van der Waals surface area (Å²) in [6.45, 7) is 1.38. The van der Waals surface area contributed by atoms with E-state index in [0.717, 1.165) is 5.56 Å². The molecule has 1 aromatic rings. The van der Waals surface area contributed by atoms with Crippen molar-refractivity contribution in [2.24, 2.45) is 0 Å². The quantitative estimate of drug-likeness (QED) is 0.913. The molecule has 1 N–H and O–H groups in total. The van der Waals surface area contributed by atoms with Gasteiger partial charge in [0.2, 0.25) is 5.91 Å². The van der Waals surface area contributed by atoms with Gasteiger partial charge in [-0.2, -0.15) is 0 Å². The minimum Gasteiger partial charge on any atom is -0.493 e. The van der Waals surface area contributed by atoms with E-state index in [-0.39, 0.29) is 11.3 Å². The fraction of sp³-hybridized carbons (Fsp3) is 0.429. The molecule has 0 saturated carbocycles. The van der Waals surface area contributed by atoms with Crippen molar-refractivity contribution in [1.82, 2.24) is 4.90 Å². The molecule has 7 heteroatoms. The molecule has 6 nitrogen and oxygen atoms in total. The Morgan fingerprint density at radius 1 is 1.29 bits per heavy atom. The van der Waals surface area contributed by atoms with Gasteiger partial charge in [-0.05, 0) is 17.7 Å². The number of aliphatic carboxylic acids is 1. The Balaban J connectivity index is 2.36. The van der Waals surface area contributed by atoms with Crippen molar-refractivity contribution in [3.05, 3.63) is 23.8 Å². The second kappa shape index (κ2) is 6.26. The molecule has 0 unspecified atom stereocenters. The van der Waals surface area contributed by atoms with Crippen LogP contribution in [0.25, 0.3) is 0 Å². The smallest absolute Gasteiger partial charge is 0.327 e. The van der Waals surface area contributed by atoms with Crippen LogP contribution in [-0.4, -0.2) is 47.9 Å². The second-order valence-electron chi connectivity index (χ2n) is 4.58. The van der Waals surface area contributed by atoms with Crippen molar-refractivity contribution < 1.29 is 24.2 Å². The molecule has 1 amide bonds. The zero-order valence-electron chi connectivity index (χ0n) is 12.0. The monoisotopic (exact) mass is 311 g/mol. The molecule has 2 atom stereocenters. The first-order valence-electron chi connectivity index (χ1n) is 6.34. The Kier molecular flexibility index (Phi) is 4.62. The number of rotatable bonds is 4. The number of ether oxygens (including phenoxy) is 2. The molecule has 1 saturated heterocycles. The second-order valence-corrected chi connectivity index (χ2v) is 5.69. The van der Waals surface area contributed by atoms with Gasteiger partial charge in [0.05, 0.1) is 14.2 Å². The highest BCUT2D eigenvalue weighted by Crippen LogP contribution is 2.43. The number of thioether (sulfide) groups is 1. The van der Waals surface area contributed by atoms with Crippen molar-refractivity contribution >= 4 is 23.6 Å². The zero-order valence-corrected chi connectivity index (χ0v) is 12.8. The Hall–Kier alpha value is -1.89. The number of amides is 1. The standard InChI is InChI=1S/C14H17NO5S/c1-8(16)15-10(14(17)18)7-21-13(15)9-4-5-11(19-2)12(6-9)20-3/h4-6,10,13H,7H2,1-3H3,(H,17,18)/t10-,13+/m0/s1. The SMILES string of the molecule is COc1ccc([C@H]2SC[C@@H](C(=O)O)N2C(C)=O)cc1OC. The van der Waals surface area contributed by atoms with Crippen LogP contribution in [0.3, 0.4) is 0 Å². The molecule has 114 valence electrons. The van der Waals surface area contributed by atoms with E-state index < -0.39 is 12.0 Å². The fourth-order valence-electron chi connectivity index (χ4n) is 2.34. The Labute approximate surface area is 127 Å². The molecule has 1 heterocycles. The highest BCUT2D eigenvalue weighted by Gasteiger charge is 2.41. The molecule has 1 aliphatic heterocycles. The third-order valence-corrected chi connectivity index (χ3v) is 4.67. The van der Waals surface area contributed by atoms with Gasteiger partial charge in [0.25, 0.3) is 0 Å². The summed E-state index contributed by atoms with van der Waals surface area (Å²) in [4.78, 5) is 24.5. The van der Waals surface area contributed by atoms with Crippen LogP contribution in [0.4, 0.5) is 0 Å². The Bertz CT molecular complexity index is 562. The first-order chi connectivity index (χ1) is 9.99. The third-order valence-electron chi connectivity index (χ3n) is 3.34. The van der Waals surface area contributed by atoms with E-state index in [1.807, 2.05) is 6.07 Å². The molecular formula is C14H17NO5S. The average molecular weight is 311 g/mol. The normalized spacial score (nSPS) is 21.2. The summed E-state index contributed by atoms with van der Waals surface area (Å²) in [6.07, 6.45) is 0. The van der Waals surface area contributed by atoms with Crippen molar-refractivity contribution in [1.29, 1.82) is 0 Å². The van der Waals surface area contributed by atoms with Crippen molar-refractivity contribution in [2.45, 2.75) is 18.3 Å². The summed E-state index contributed by atoms with van der Waals surface area (Å²) < 4.78 is 10.4. The van der Waals surface area contributed by atoms with Crippen LogP contribution in [0.1, 0.15) is 17.9 Å². The number of hydrogen-bond acceptors (Lipinski definition) is 5. The van der Waals surface area contributed by atoms with Crippen LogP contribution in [0, 0.1) is 0 Å². The molecule has 2 rings (SSSR count). The van der Waals surface area contributed by atoms with Crippen molar-refractivity contribution in [3.8, 4) is 11.5 Å². The minimum absolute atomic E-state index is 0.257. The van der Waals surface area contributed by atoms with Gasteiger partial charge in [-0.25, -0.2) is 4.79 Å². The molecule has 21 heavy (non-hydrogen) atoms. The number of carboxylic acid groups (broad SMARTS) is 1. The van der Waals surface area contributed by atoms with Crippen LogP contribution < -0.4 is 9.47 Å².